The van der Waals surface area contributed by atoms with E-state index in [1.807, 2.05) is 0 Å². The van der Waals surface area contributed by atoms with Crippen molar-refractivity contribution in [2.45, 2.75) is 12.5 Å². The zero-order chi connectivity index (χ0) is 11.6. The summed E-state index contributed by atoms with van der Waals surface area (Å²) >= 11 is 0. The maximum absolute atomic E-state index is 12.1. The number of halogens is 4. The molecule has 1 aromatic rings. The van der Waals surface area contributed by atoms with Crippen molar-refractivity contribution in [3.63, 3.8) is 0 Å². The molecule has 1 aliphatic heterocycles. The van der Waals surface area contributed by atoms with Crippen molar-refractivity contribution < 1.29 is 22.6 Å². The van der Waals surface area contributed by atoms with Crippen LogP contribution in [0, 0.1) is 0 Å². The van der Waals surface area contributed by atoms with Crippen LogP contribution in [0.4, 0.5) is 13.2 Å². The summed E-state index contributed by atoms with van der Waals surface area (Å²) in [6.07, 6.45) is -4.78. The lowest BCUT2D eigenvalue weighted by Crippen LogP contribution is -2.50. The summed E-state index contributed by atoms with van der Waals surface area (Å²) < 4.78 is 45.4. The Morgan fingerprint density at radius 3 is 2.18 bits per heavy atom. The summed E-state index contributed by atoms with van der Waals surface area (Å²) in [6.45, 7) is 1.28. The minimum atomic E-state index is -4.70. The number of nitrogens with one attached hydrogen (secondary N) is 1. The molecule has 0 saturated carbocycles. The summed E-state index contributed by atoms with van der Waals surface area (Å²) in [5, 5.41) is 2.96. The molecule has 17 heavy (non-hydrogen) atoms. The highest BCUT2D eigenvalue weighted by molar-refractivity contribution is 5.85. The Kier molecular flexibility index (Phi) is 4.47. The van der Waals surface area contributed by atoms with Gasteiger partial charge in [0.05, 0.1) is 0 Å². The van der Waals surface area contributed by atoms with Crippen molar-refractivity contribution in [3.8, 4) is 11.5 Å². The number of benzene rings is 1. The Labute approximate surface area is 102 Å². The van der Waals surface area contributed by atoms with E-state index < -0.39 is 6.36 Å². The van der Waals surface area contributed by atoms with Gasteiger partial charge in [0.2, 0.25) is 0 Å². The molecule has 0 amide bonds. The molecule has 3 nitrogen and oxygen atoms in total. The number of hydrogen-bond donors (Lipinski definition) is 1. The molecule has 1 fully saturated rings. The Balaban J connectivity index is 0.00000144. The van der Waals surface area contributed by atoms with E-state index in [9.17, 15) is 13.2 Å². The van der Waals surface area contributed by atoms with E-state index in [0.717, 1.165) is 0 Å². The van der Waals surface area contributed by atoms with Crippen LogP contribution in [0.5, 0.6) is 11.5 Å². The molecule has 0 atom stereocenters. The maximum atomic E-state index is 12.1. The number of para-hydroxylation sites is 2. The first kappa shape index (κ1) is 13.9. The van der Waals surface area contributed by atoms with Gasteiger partial charge in [0.15, 0.2) is 11.5 Å². The molecule has 0 aliphatic carbocycles. The number of hydrogen-bond acceptors (Lipinski definition) is 3. The number of alkyl halides is 3. The van der Waals surface area contributed by atoms with Gasteiger partial charge in [-0.05, 0) is 12.1 Å². The summed E-state index contributed by atoms with van der Waals surface area (Å²) in [7, 11) is 0. The highest BCUT2D eigenvalue weighted by Gasteiger charge is 2.33. The first-order chi connectivity index (χ1) is 7.54. The van der Waals surface area contributed by atoms with Crippen molar-refractivity contribution in [3.05, 3.63) is 24.3 Å². The van der Waals surface area contributed by atoms with E-state index in [-0.39, 0.29) is 30.0 Å². The van der Waals surface area contributed by atoms with E-state index in [2.05, 4.69) is 10.1 Å². The SMILES string of the molecule is Cl.FC(F)(F)Oc1ccccc1OC1CNC1. The van der Waals surface area contributed by atoms with Crippen LogP contribution in [-0.2, 0) is 0 Å². The van der Waals surface area contributed by atoms with Crippen LogP contribution in [0.25, 0.3) is 0 Å². The minimum Gasteiger partial charge on any atom is -0.484 e. The van der Waals surface area contributed by atoms with Crippen LogP contribution in [-0.4, -0.2) is 25.6 Å². The smallest absolute Gasteiger partial charge is 0.484 e. The largest absolute Gasteiger partial charge is 0.573 e. The number of ether oxygens (including phenoxy) is 2. The van der Waals surface area contributed by atoms with Crippen LogP contribution in [0.15, 0.2) is 24.3 Å². The van der Waals surface area contributed by atoms with Gasteiger partial charge in [-0.1, -0.05) is 12.1 Å². The molecule has 1 saturated heterocycles. The second kappa shape index (κ2) is 5.46. The third-order valence-electron chi connectivity index (χ3n) is 2.11. The molecule has 0 aromatic heterocycles. The molecule has 0 spiro atoms. The maximum Gasteiger partial charge on any atom is 0.573 e. The summed E-state index contributed by atoms with van der Waals surface area (Å²) in [4.78, 5) is 0. The molecule has 96 valence electrons. The minimum absolute atomic E-state index is 0. The van der Waals surface area contributed by atoms with Gasteiger partial charge in [-0.2, -0.15) is 0 Å². The van der Waals surface area contributed by atoms with Gasteiger partial charge in [-0.3, -0.25) is 0 Å². The van der Waals surface area contributed by atoms with E-state index in [1.54, 1.807) is 6.07 Å². The van der Waals surface area contributed by atoms with E-state index in [0.29, 0.717) is 13.1 Å². The Morgan fingerprint density at radius 1 is 1.12 bits per heavy atom. The first-order valence-electron chi connectivity index (χ1n) is 4.77. The second-order valence-corrected chi connectivity index (χ2v) is 3.39. The average molecular weight is 270 g/mol. The molecular formula is C10H11ClF3NO2. The van der Waals surface area contributed by atoms with Gasteiger partial charge in [0.25, 0.3) is 0 Å². The highest BCUT2D eigenvalue weighted by Crippen LogP contribution is 2.32. The molecule has 1 N–H and O–H groups in total. The average Bonchev–Trinajstić information content (AvgIpc) is 2.11. The summed E-state index contributed by atoms with van der Waals surface area (Å²) in [6, 6.07) is 5.76. The predicted molar refractivity (Wildman–Crippen MR) is 57.7 cm³/mol. The van der Waals surface area contributed by atoms with Crippen molar-refractivity contribution in [1.29, 1.82) is 0 Å². The van der Waals surface area contributed by atoms with Crippen LogP contribution >= 0.6 is 12.4 Å². The molecule has 0 bridgehead atoms. The van der Waals surface area contributed by atoms with Crippen molar-refractivity contribution in [2.75, 3.05) is 13.1 Å². The summed E-state index contributed by atoms with van der Waals surface area (Å²) in [5.74, 6) is -0.187. The van der Waals surface area contributed by atoms with Crippen molar-refractivity contribution in [1.82, 2.24) is 5.32 Å². The molecule has 0 unspecified atom stereocenters. The third kappa shape index (κ3) is 3.98. The van der Waals surface area contributed by atoms with Gasteiger partial charge in [-0.25, -0.2) is 0 Å². The van der Waals surface area contributed by atoms with Crippen LogP contribution < -0.4 is 14.8 Å². The third-order valence-corrected chi connectivity index (χ3v) is 2.11. The zero-order valence-corrected chi connectivity index (χ0v) is 9.48. The van der Waals surface area contributed by atoms with Gasteiger partial charge < -0.3 is 14.8 Å². The Hall–Kier alpha value is -1.14. The summed E-state index contributed by atoms with van der Waals surface area (Å²) in [5.41, 5.74) is 0. The normalized spacial score (nSPS) is 15.7. The molecular weight excluding hydrogens is 259 g/mol. The van der Waals surface area contributed by atoms with Gasteiger partial charge in [0, 0.05) is 13.1 Å². The Bertz CT molecular complexity index is 369. The molecule has 0 radical (unpaired) electrons. The second-order valence-electron chi connectivity index (χ2n) is 3.39. The van der Waals surface area contributed by atoms with Crippen molar-refractivity contribution in [2.24, 2.45) is 0 Å². The fraction of sp³-hybridized carbons (Fsp3) is 0.400. The lowest BCUT2D eigenvalue weighted by Gasteiger charge is -2.28. The van der Waals surface area contributed by atoms with Crippen LogP contribution in [0.3, 0.4) is 0 Å². The lowest BCUT2D eigenvalue weighted by atomic mass is 10.2. The van der Waals surface area contributed by atoms with Gasteiger partial charge in [0.1, 0.15) is 6.10 Å². The van der Waals surface area contributed by atoms with E-state index >= 15 is 0 Å². The lowest BCUT2D eigenvalue weighted by molar-refractivity contribution is -0.275. The van der Waals surface area contributed by atoms with Crippen molar-refractivity contribution >= 4 is 12.4 Å². The quantitative estimate of drug-likeness (QED) is 0.914. The molecule has 1 heterocycles. The van der Waals surface area contributed by atoms with Gasteiger partial charge >= 0.3 is 6.36 Å². The van der Waals surface area contributed by atoms with E-state index in [4.69, 9.17) is 4.74 Å². The van der Waals surface area contributed by atoms with E-state index in [1.165, 1.54) is 18.2 Å². The molecule has 7 heteroatoms. The Morgan fingerprint density at radius 2 is 1.71 bits per heavy atom. The monoisotopic (exact) mass is 269 g/mol. The highest BCUT2D eigenvalue weighted by atomic mass is 35.5. The number of rotatable bonds is 3. The van der Waals surface area contributed by atoms with Crippen LogP contribution in [0.1, 0.15) is 0 Å². The standard InChI is InChI=1S/C10H10F3NO2.ClH/c11-10(12,13)16-9-4-2-1-3-8(9)15-7-5-14-6-7;/h1-4,7,14H,5-6H2;1H. The fourth-order valence-electron chi connectivity index (χ4n) is 1.28. The first-order valence-corrected chi connectivity index (χ1v) is 4.77. The zero-order valence-electron chi connectivity index (χ0n) is 8.66. The fourth-order valence-corrected chi connectivity index (χ4v) is 1.28. The topological polar surface area (TPSA) is 30.5 Å². The molecule has 1 aliphatic rings. The van der Waals surface area contributed by atoms with Crippen LogP contribution in [0.2, 0.25) is 0 Å². The predicted octanol–water partition coefficient (Wildman–Crippen LogP) is 2.36. The molecule has 1 aromatic carbocycles. The molecule has 2 rings (SSSR count). The van der Waals surface area contributed by atoms with Gasteiger partial charge in [-0.15, -0.1) is 25.6 Å².